The second-order valence-electron chi connectivity index (χ2n) is 4.47. The summed E-state index contributed by atoms with van der Waals surface area (Å²) in [6, 6.07) is 2.07. The Balaban J connectivity index is 1.77. The molecule has 1 aromatic rings. The van der Waals surface area contributed by atoms with Gasteiger partial charge < -0.3 is 9.64 Å². The van der Waals surface area contributed by atoms with Crippen molar-refractivity contribution >= 4 is 11.8 Å². The molecule has 17 heavy (non-hydrogen) atoms. The third-order valence-corrected chi connectivity index (χ3v) is 3.78. The van der Waals surface area contributed by atoms with Crippen LogP contribution in [0.1, 0.15) is 11.4 Å². The van der Waals surface area contributed by atoms with Crippen molar-refractivity contribution in [2.45, 2.75) is 19.0 Å². The maximum Gasteiger partial charge on any atom is 0.357 e. The van der Waals surface area contributed by atoms with E-state index in [0.717, 1.165) is 42.9 Å². The minimum absolute atomic E-state index is 0.911. The lowest BCUT2D eigenvalue weighted by Crippen LogP contribution is -3.14. The van der Waals surface area contributed by atoms with Crippen molar-refractivity contribution in [3.63, 3.8) is 0 Å². The number of morpholine rings is 1. The van der Waals surface area contributed by atoms with E-state index in [9.17, 15) is 0 Å². The SMILES string of the molecule is Cc1cc(C)[nH+]c(SCC[NH+]2CCOCC2)n1. The van der Waals surface area contributed by atoms with Gasteiger partial charge in [-0.3, -0.25) is 0 Å². The Bertz CT molecular complexity index is 347. The average Bonchev–Trinajstić information content (AvgIpc) is 2.29. The Morgan fingerprint density at radius 3 is 2.88 bits per heavy atom. The van der Waals surface area contributed by atoms with Crippen LogP contribution in [0.15, 0.2) is 11.2 Å². The fraction of sp³-hybridized carbons (Fsp3) is 0.667. The molecule has 0 spiro atoms. The van der Waals surface area contributed by atoms with Gasteiger partial charge >= 0.3 is 5.16 Å². The summed E-state index contributed by atoms with van der Waals surface area (Å²) in [6.45, 7) is 9.41. The largest absolute Gasteiger partial charge is 0.370 e. The van der Waals surface area contributed by atoms with Gasteiger partial charge in [0.25, 0.3) is 0 Å². The molecule has 1 aliphatic heterocycles. The Kier molecular flexibility index (Phi) is 4.76. The number of nitrogens with zero attached hydrogens (tertiary/aromatic N) is 1. The molecule has 94 valence electrons. The number of thioether (sulfide) groups is 1. The van der Waals surface area contributed by atoms with Crippen molar-refractivity contribution < 1.29 is 14.6 Å². The van der Waals surface area contributed by atoms with Crippen molar-refractivity contribution in [1.29, 1.82) is 0 Å². The summed E-state index contributed by atoms with van der Waals surface area (Å²) in [4.78, 5) is 9.44. The molecular formula is C12H21N3OS+2. The maximum atomic E-state index is 5.35. The number of aryl methyl sites for hydroxylation is 2. The zero-order chi connectivity index (χ0) is 12.1. The Labute approximate surface area is 107 Å². The standard InChI is InChI=1S/C12H19N3OS/c1-10-9-11(2)14-12(13-10)17-8-5-15-3-6-16-7-4-15/h9H,3-8H2,1-2H3/p+2. The Hall–Kier alpha value is -0.650. The molecule has 1 fully saturated rings. The van der Waals surface area contributed by atoms with E-state index in [2.05, 4.69) is 23.0 Å². The van der Waals surface area contributed by atoms with E-state index in [1.165, 1.54) is 12.2 Å². The first-order chi connectivity index (χ1) is 8.24. The monoisotopic (exact) mass is 255 g/mol. The number of quaternary nitrogens is 1. The van der Waals surface area contributed by atoms with Crippen molar-refractivity contribution in [3.8, 4) is 0 Å². The smallest absolute Gasteiger partial charge is 0.357 e. The minimum atomic E-state index is 0.911. The molecule has 0 radical (unpaired) electrons. The highest BCUT2D eigenvalue weighted by Gasteiger charge is 2.15. The van der Waals surface area contributed by atoms with E-state index in [-0.39, 0.29) is 0 Å². The third-order valence-electron chi connectivity index (χ3n) is 2.90. The molecule has 0 aliphatic carbocycles. The van der Waals surface area contributed by atoms with Crippen LogP contribution in [0.25, 0.3) is 0 Å². The van der Waals surface area contributed by atoms with Gasteiger partial charge in [-0.15, -0.1) is 0 Å². The minimum Gasteiger partial charge on any atom is -0.370 e. The number of H-pyrrole nitrogens is 1. The van der Waals surface area contributed by atoms with Gasteiger partial charge in [-0.2, -0.15) is 0 Å². The van der Waals surface area contributed by atoms with E-state index in [1.807, 2.05) is 18.7 Å². The number of aromatic nitrogens is 2. The van der Waals surface area contributed by atoms with Crippen LogP contribution in [0.5, 0.6) is 0 Å². The first-order valence-electron chi connectivity index (χ1n) is 6.16. The van der Waals surface area contributed by atoms with Crippen molar-refractivity contribution in [2.75, 3.05) is 38.6 Å². The molecule has 0 aromatic carbocycles. The van der Waals surface area contributed by atoms with Gasteiger partial charge in [-0.25, -0.2) is 4.98 Å². The molecule has 1 saturated heterocycles. The number of nitrogens with one attached hydrogen (secondary N) is 2. The fourth-order valence-electron chi connectivity index (χ4n) is 2.01. The predicted octanol–water partition coefficient (Wildman–Crippen LogP) is -0.480. The third kappa shape index (κ3) is 4.26. The lowest BCUT2D eigenvalue weighted by atomic mass is 10.4. The number of hydrogen-bond acceptors (Lipinski definition) is 3. The molecular weight excluding hydrogens is 234 g/mol. The topological polar surface area (TPSA) is 40.7 Å². The zero-order valence-corrected chi connectivity index (χ0v) is 11.4. The van der Waals surface area contributed by atoms with Crippen LogP contribution in [0.3, 0.4) is 0 Å². The van der Waals surface area contributed by atoms with Gasteiger partial charge in [0.1, 0.15) is 18.8 Å². The first-order valence-corrected chi connectivity index (χ1v) is 7.14. The van der Waals surface area contributed by atoms with Crippen LogP contribution in [-0.4, -0.2) is 43.6 Å². The fourth-order valence-corrected chi connectivity index (χ4v) is 3.03. The molecule has 0 bridgehead atoms. The van der Waals surface area contributed by atoms with Crippen LogP contribution in [-0.2, 0) is 4.74 Å². The highest BCUT2D eigenvalue weighted by Crippen LogP contribution is 2.08. The predicted molar refractivity (Wildman–Crippen MR) is 67.4 cm³/mol. The van der Waals surface area contributed by atoms with Gasteiger partial charge in [0.05, 0.1) is 25.5 Å². The molecule has 0 atom stereocenters. The van der Waals surface area contributed by atoms with Gasteiger partial charge in [0.15, 0.2) is 5.69 Å². The summed E-state index contributed by atoms with van der Waals surface area (Å²) in [5, 5.41) is 1.04. The van der Waals surface area contributed by atoms with Gasteiger partial charge in [-0.05, 0) is 23.7 Å². The first kappa shape index (κ1) is 12.8. The summed E-state index contributed by atoms with van der Waals surface area (Å²) < 4.78 is 5.35. The molecule has 0 saturated carbocycles. The summed E-state index contributed by atoms with van der Waals surface area (Å²) in [5.41, 5.74) is 2.26. The summed E-state index contributed by atoms with van der Waals surface area (Å²) in [7, 11) is 0. The lowest BCUT2D eigenvalue weighted by Gasteiger charge is -2.23. The van der Waals surface area contributed by atoms with Crippen molar-refractivity contribution in [1.82, 2.24) is 4.98 Å². The molecule has 0 amide bonds. The van der Waals surface area contributed by atoms with E-state index in [0.29, 0.717) is 0 Å². The Morgan fingerprint density at radius 1 is 1.41 bits per heavy atom. The molecule has 2 rings (SSSR count). The molecule has 0 unspecified atom stereocenters. The summed E-state index contributed by atoms with van der Waals surface area (Å²) in [5.74, 6) is 1.11. The highest BCUT2D eigenvalue weighted by atomic mass is 32.2. The van der Waals surface area contributed by atoms with E-state index >= 15 is 0 Å². The van der Waals surface area contributed by atoms with Crippen LogP contribution in [0.2, 0.25) is 0 Å². The van der Waals surface area contributed by atoms with Crippen LogP contribution in [0, 0.1) is 13.8 Å². The second-order valence-corrected chi connectivity index (χ2v) is 5.56. The lowest BCUT2D eigenvalue weighted by molar-refractivity contribution is -0.905. The second kappa shape index (κ2) is 6.33. The van der Waals surface area contributed by atoms with Crippen LogP contribution >= 0.6 is 11.8 Å². The van der Waals surface area contributed by atoms with E-state index in [1.54, 1.807) is 4.90 Å². The summed E-state index contributed by atoms with van der Waals surface area (Å²) >= 11 is 1.81. The Morgan fingerprint density at radius 2 is 2.18 bits per heavy atom. The quantitative estimate of drug-likeness (QED) is 0.583. The molecule has 5 heteroatoms. The highest BCUT2D eigenvalue weighted by molar-refractivity contribution is 7.99. The van der Waals surface area contributed by atoms with Crippen molar-refractivity contribution in [2.24, 2.45) is 0 Å². The van der Waals surface area contributed by atoms with E-state index in [4.69, 9.17) is 4.74 Å². The molecule has 4 nitrogen and oxygen atoms in total. The van der Waals surface area contributed by atoms with Gasteiger partial charge in [-0.1, -0.05) is 0 Å². The molecule has 2 heterocycles. The summed E-state index contributed by atoms with van der Waals surface area (Å²) in [6.07, 6.45) is 0. The molecule has 1 aliphatic rings. The van der Waals surface area contributed by atoms with Gasteiger partial charge in [0, 0.05) is 13.0 Å². The average molecular weight is 255 g/mol. The normalized spacial score (nSPS) is 17.3. The van der Waals surface area contributed by atoms with Crippen molar-refractivity contribution in [3.05, 3.63) is 17.5 Å². The maximum absolute atomic E-state index is 5.35. The zero-order valence-electron chi connectivity index (χ0n) is 10.6. The number of rotatable bonds is 4. The number of hydrogen-bond donors (Lipinski definition) is 1. The van der Waals surface area contributed by atoms with Crippen LogP contribution in [0.4, 0.5) is 0 Å². The number of ether oxygens (including phenoxy) is 1. The molecule has 1 aromatic heterocycles. The van der Waals surface area contributed by atoms with E-state index < -0.39 is 0 Å². The van der Waals surface area contributed by atoms with Crippen LogP contribution < -0.4 is 9.88 Å². The molecule has 2 N–H and O–H groups in total. The number of aromatic amines is 1. The van der Waals surface area contributed by atoms with Gasteiger partial charge in [0.2, 0.25) is 0 Å².